The number of rotatable bonds is 4. The van der Waals surface area contributed by atoms with Gasteiger partial charge in [-0.15, -0.1) is 0 Å². The number of aromatic hydroxyl groups is 1. The molecule has 1 heterocycles. The second kappa shape index (κ2) is 7.53. The third-order valence-corrected chi connectivity index (χ3v) is 4.71. The fraction of sp³-hybridized carbons (Fsp3) is 0.300. The minimum Gasteiger partial charge on any atom is -0.507 e. The maximum Gasteiger partial charge on any atom is 0.416 e. The van der Waals surface area contributed by atoms with Crippen molar-refractivity contribution in [3.8, 4) is 5.75 Å². The molecule has 3 rings (SSSR count). The van der Waals surface area contributed by atoms with Gasteiger partial charge in [0.25, 0.3) is 5.91 Å². The van der Waals surface area contributed by atoms with Crippen molar-refractivity contribution in [1.82, 2.24) is 10.2 Å². The van der Waals surface area contributed by atoms with Crippen LogP contribution >= 0.6 is 0 Å². The van der Waals surface area contributed by atoms with Gasteiger partial charge in [0.1, 0.15) is 5.75 Å². The van der Waals surface area contributed by atoms with Crippen molar-refractivity contribution in [1.29, 1.82) is 0 Å². The van der Waals surface area contributed by atoms with Crippen molar-refractivity contribution < 1.29 is 27.9 Å². The van der Waals surface area contributed by atoms with E-state index in [0.717, 1.165) is 6.07 Å². The smallest absolute Gasteiger partial charge is 0.416 e. The topological polar surface area (TPSA) is 69.6 Å². The minimum absolute atomic E-state index is 0.00637. The molecule has 2 aromatic carbocycles. The number of benzene rings is 2. The van der Waals surface area contributed by atoms with Crippen molar-refractivity contribution in [3.63, 3.8) is 0 Å². The predicted octanol–water partition coefficient (Wildman–Crippen LogP) is 3.25. The Morgan fingerprint density at radius 1 is 1.21 bits per heavy atom. The monoisotopic (exact) mass is 392 g/mol. The van der Waals surface area contributed by atoms with E-state index in [1.807, 2.05) is 0 Å². The van der Waals surface area contributed by atoms with Crippen LogP contribution in [-0.4, -0.2) is 34.4 Å². The number of amides is 2. The second-order valence-corrected chi connectivity index (χ2v) is 6.77. The fourth-order valence-electron chi connectivity index (χ4n) is 3.37. The number of phenols is 1. The van der Waals surface area contributed by atoms with Gasteiger partial charge in [-0.1, -0.05) is 30.3 Å². The zero-order chi connectivity index (χ0) is 20.5. The van der Waals surface area contributed by atoms with E-state index in [1.165, 1.54) is 29.2 Å². The average Bonchev–Trinajstić information content (AvgIpc) is 2.93. The van der Waals surface area contributed by atoms with E-state index in [9.17, 15) is 27.9 Å². The number of alkyl halides is 3. The van der Waals surface area contributed by atoms with Crippen LogP contribution in [0.1, 0.15) is 33.5 Å². The van der Waals surface area contributed by atoms with Gasteiger partial charge in [-0.05, 0) is 30.2 Å². The Bertz CT molecular complexity index is 892. The summed E-state index contributed by atoms with van der Waals surface area (Å²) in [5.41, 5.74) is -0.0689. The Morgan fingerprint density at radius 2 is 1.93 bits per heavy atom. The lowest BCUT2D eigenvalue weighted by Crippen LogP contribution is -2.37. The van der Waals surface area contributed by atoms with Crippen LogP contribution in [0.3, 0.4) is 0 Å². The molecule has 2 N–H and O–H groups in total. The first-order valence-corrected chi connectivity index (χ1v) is 8.69. The van der Waals surface area contributed by atoms with Crippen LogP contribution in [0, 0.1) is 6.92 Å². The maximum absolute atomic E-state index is 13.1. The lowest BCUT2D eigenvalue weighted by molar-refractivity contribution is -0.139. The summed E-state index contributed by atoms with van der Waals surface area (Å²) in [5.74, 6) is -1.03. The molecule has 5 nitrogen and oxygen atoms in total. The molecule has 0 bridgehead atoms. The van der Waals surface area contributed by atoms with Gasteiger partial charge in [0.2, 0.25) is 5.91 Å². The number of hydrogen-bond donors (Lipinski definition) is 2. The zero-order valence-electron chi connectivity index (χ0n) is 15.1. The average molecular weight is 392 g/mol. The highest BCUT2D eigenvalue weighted by molar-refractivity contribution is 5.98. The molecule has 1 unspecified atom stereocenters. The summed E-state index contributed by atoms with van der Waals surface area (Å²) in [5, 5.41) is 12.6. The van der Waals surface area contributed by atoms with Gasteiger partial charge in [0.05, 0.1) is 17.2 Å². The fourth-order valence-corrected chi connectivity index (χ4v) is 3.37. The summed E-state index contributed by atoms with van der Waals surface area (Å²) in [6.45, 7) is 1.59. The highest BCUT2D eigenvalue weighted by Crippen LogP contribution is 2.33. The molecule has 1 saturated heterocycles. The third kappa shape index (κ3) is 4.11. The number of phenolic OH excluding ortho intramolecular Hbond substituents is 1. The standard InChI is InChI=1S/C20H19F3N2O3/c1-12-5-4-8-16(26)18(12)19(28)24-14-9-17(27)25(11-14)10-13-6-2-3-7-15(13)20(21,22)23/h2-8,14,26H,9-11H2,1H3,(H,24,28). The van der Waals surface area contributed by atoms with Crippen molar-refractivity contribution in [3.05, 3.63) is 64.7 Å². The summed E-state index contributed by atoms with van der Waals surface area (Å²) >= 11 is 0. The Morgan fingerprint density at radius 3 is 2.61 bits per heavy atom. The normalized spacial score (nSPS) is 17.1. The van der Waals surface area contributed by atoms with Gasteiger partial charge in [-0.3, -0.25) is 9.59 Å². The van der Waals surface area contributed by atoms with E-state index in [2.05, 4.69) is 5.32 Å². The second-order valence-electron chi connectivity index (χ2n) is 6.77. The quantitative estimate of drug-likeness (QED) is 0.839. The number of likely N-dealkylation sites (tertiary alicyclic amines) is 1. The number of carbonyl (C=O) groups excluding carboxylic acids is 2. The number of halogens is 3. The van der Waals surface area contributed by atoms with E-state index >= 15 is 0 Å². The molecule has 1 aliphatic heterocycles. The zero-order valence-corrected chi connectivity index (χ0v) is 15.1. The van der Waals surface area contributed by atoms with Gasteiger partial charge in [-0.2, -0.15) is 13.2 Å². The molecule has 28 heavy (non-hydrogen) atoms. The van der Waals surface area contributed by atoms with Gasteiger partial charge in [-0.25, -0.2) is 0 Å². The first-order valence-electron chi connectivity index (χ1n) is 8.69. The van der Waals surface area contributed by atoms with E-state index in [-0.39, 0.29) is 42.3 Å². The minimum atomic E-state index is -4.50. The summed E-state index contributed by atoms with van der Waals surface area (Å²) in [4.78, 5) is 26.0. The van der Waals surface area contributed by atoms with Crippen molar-refractivity contribution in [2.75, 3.05) is 6.54 Å². The highest BCUT2D eigenvalue weighted by atomic mass is 19.4. The number of nitrogens with one attached hydrogen (secondary N) is 1. The van der Waals surface area contributed by atoms with Gasteiger partial charge >= 0.3 is 6.18 Å². The van der Waals surface area contributed by atoms with Gasteiger partial charge in [0.15, 0.2) is 0 Å². The van der Waals surface area contributed by atoms with Crippen LogP contribution in [0.5, 0.6) is 5.75 Å². The molecule has 148 valence electrons. The van der Waals surface area contributed by atoms with Crippen LogP contribution in [0.2, 0.25) is 0 Å². The Balaban J connectivity index is 1.71. The lowest BCUT2D eigenvalue weighted by Gasteiger charge is -2.20. The first kappa shape index (κ1) is 19.7. The number of carbonyl (C=O) groups is 2. The van der Waals surface area contributed by atoms with E-state index < -0.39 is 23.7 Å². The molecule has 0 aromatic heterocycles. The Hall–Kier alpha value is -3.03. The molecule has 0 radical (unpaired) electrons. The molecule has 0 spiro atoms. The van der Waals surface area contributed by atoms with Crippen LogP contribution in [0.4, 0.5) is 13.2 Å². The molecular weight excluding hydrogens is 373 g/mol. The molecule has 1 aliphatic rings. The molecule has 1 fully saturated rings. The largest absolute Gasteiger partial charge is 0.507 e. The third-order valence-electron chi connectivity index (χ3n) is 4.71. The highest BCUT2D eigenvalue weighted by Gasteiger charge is 2.36. The van der Waals surface area contributed by atoms with Crippen LogP contribution in [0.15, 0.2) is 42.5 Å². The van der Waals surface area contributed by atoms with Crippen molar-refractivity contribution in [2.24, 2.45) is 0 Å². The molecule has 2 aromatic rings. The lowest BCUT2D eigenvalue weighted by atomic mass is 10.1. The number of hydrogen-bond acceptors (Lipinski definition) is 3. The molecule has 0 saturated carbocycles. The summed E-state index contributed by atoms with van der Waals surface area (Å²) in [7, 11) is 0. The Labute approximate surface area is 159 Å². The van der Waals surface area contributed by atoms with E-state index in [1.54, 1.807) is 19.1 Å². The predicted molar refractivity (Wildman–Crippen MR) is 95.6 cm³/mol. The number of nitrogens with zero attached hydrogens (tertiary/aromatic N) is 1. The van der Waals surface area contributed by atoms with Crippen LogP contribution in [0.25, 0.3) is 0 Å². The number of aryl methyl sites for hydroxylation is 1. The molecular formula is C20H19F3N2O3. The van der Waals surface area contributed by atoms with Gasteiger partial charge < -0.3 is 15.3 Å². The van der Waals surface area contributed by atoms with E-state index in [4.69, 9.17) is 0 Å². The molecule has 8 heteroatoms. The van der Waals surface area contributed by atoms with E-state index in [0.29, 0.717) is 5.56 Å². The molecule has 1 atom stereocenters. The summed E-state index contributed by atoms with van der Waals surface area (Å²) in [6.07, 6.45) is -4.51. The van der Waals surface area contributed by atoms with Crippen molar-refractivity contribution in [2.45, 2.75) is 32.1 Å². The van der Waals surface area contributed by atoms with Gasteiger partial charge in [0, 0.05) is 19.5 Å². The summed E-state index contributed by atoms with van der Waals surface area (Å²) in [6, 6.07) is 9.25. The summed E-state index contributed by atoms with van der Waals surface area (Å²) < 4.78 is 39.4. The first-order chi connectivity index (χ1) is 13.2. The maximum atomic E-state index is 13.1. The Kier molecular flexibility index (Phi) is 5.31. The van der Waals surface area contributed by atoms with Crippen LogP contribution < -0.4 is 5.32 Å². The van der Waals surface area contributed by atoms with Crippen LogP contribution in [-0.2, 0) is 17.5 Å². The molecule has 0 aliphatic carbocycles. The SMILES string of the molecule is Cc1cccc(O)c1C(=O)NC1CC(=O)N(Cc2ccccc2C(F)(F)F)C1. The molecule has 2 amide bonds. The van der Waals surface area contributed by atoms with Crippen molar-refractivity contribution >= 4 is 11.8 Å².